The number of carbonyl (C=O) groups is 2. The molecule has 0 aliphatic carbocycles. The minimum Gasteiger partial charge on any atom is -0.482 e. The maximum Gasteiger partial charge on any atom is 0.318 e. The van der Waals surface area contributed by atoms with Crippen LogP contribution in [0.2, 0.25) is 0 Å². The standard InChI is InChI=1S/C10H11N3O3/c1-11-10(15)12-6-2-3-8-7(4-6)13-9(14)5-16-8/h2-4H,5H2,1H3,(H,13,14)(H2,11,12,15). The summed E-state index contributed by atoms with van der Waals surface area (Å²) in [5, 5.41) is 7.69. The van der Waals surface area contributed by atoms with E-state index in [1.165, 1.54) is 7.05 Å². The van der Waals surface area contributed by atoms with Crippen molar-refractivity contribution < 1.29 is 14.3 Å². The fourth-order valence-electron chi connectivity index (χ4n) is 1.35. The van der Waals surface area contributed by atoms with Crippen molar-refractivity contribution in [2.45, 2.75) is 0 Å². The molecule has 1 aliphatic heterocycles. The number of benzene rings is 1. The Kier molecular flexibility index (Phi) is 2.63. The van der Waals surface area contributed by atoms with Crippen LogP contribution in [0.3, 0.4) is 0 Å². The van der Waals surface area contributed by atoms with Gasteiger partial charge in [0.25, 0.3) is 5.91 Å². The lowest BCUT2D eigenvalue weighted by atomic mass is 10.2. The van der Waals surface area contributed by atoms with Gasteiger partial charge in [-0.25, -0.2) is 4.79 Å². The van der Waals surface area contributed by atoms with E-state index in [1.807, 2.05) is 0 Å². The number of amides is 3. The molecule has 84 valence electrons. The number of hydrogen-bond donors (Lipinski definition) is 3. The van der Waals surface area contributed by atoms with E-state index in [-0.39, 0.29) is 18.5 Å². The monoisotopic (exact) mass is 221 g/mol. The highest BCUT2D eigenvalue weighted by atomic mass is 16.5. The lowest BCUT2D eigenvalue weighted by Crippen LogP contribution is -2.26. The second kappa shape index (κ2) is 4.09. The zero-order valence-electron chi connectivity index (χ0n) is 8.66. The van der Waals surface area contributed by atoms with Gasteiger partial charge in [-0.1, -0.05) is 0 Å². The molecule has 0 aromatic heterocycles. The molecule has 0 unspecified atom stereocenters. The number of ether oxygens (including phenoxy) is 1. The summed E-state index contributed by atoms with van der Waals surface area (Å²) in [6, 6.07) is 4.72. The van der Waals surface area contributed by atoms with E-state index in [1.54, 1.807) is 18.2 Å². The van der Waals surface area contributed by atoms with Crippen molar-refractivity contribution in [3.8, 4) is 5.75 Å². The maximum absolute atomic E-state index is 11.1. The minimum atomic E-state index is -0.317. The van der Waals surface area contributed by atoms with Gasteiger partial charge >= 0.3 is 6.03 Å². The summed E-state index contributed by atoms with van der Waals surface area (Å²) in [4.78, 5) is 22.2. The normalized spacial score (nSPS) is 13.2. The molecule has 1 aliphatic rings. The van der Waals surface area contributed by atoms with Crippen LogP contribution in [0, 0.1) is 0 Å². The Morgan fingerprint density at radius 1 is 1.50 bits per heavy atom. The molecule has 6 heteroatoms. The number of rotatable bonds is 1. The molecule has 1 aromatic rings. The summed E-state index contributed by atoms with van der Waals surface area (Å²) in [6.07, 6.45) is 0. The summed E-state index contributed by atoms with van der Waals surface area (Å²) in [5.41, 5.74) is 1.15. The highest BCUT2D eigenvalue weighted by Crippen LogP contribution is 2.30. The molecule has 16 heavy (non-hydrogen) atoms. The molecule has 3 N–H and O–H groups in total. The Hall–Kier alpha value is -2.24. The Morgan fingerprint density at radius 3 is 3.06 bits per heavy atom. The smallest absolute Gasteiger partial charge is 0.318 e. The summed E-state index contributed by atoms with van der Waals surface area (Å²) in [7, 11) is 1.53. The van der Waals surface area contributed by atoms with Crippen LogP contribution in [0.4, 0.5) is 16.2 Å². The summed E-state index contributed by atoms with van der Waals surface area (Å²) >= 11 is 0. The third-order valence-corrected chi connectivity index (χ3v) is 2.10. The zero-order valence-corrected chi connectivity index (χ0v) is 8.66. The van der Waals surface area contributed by atoms with Crippen molar-refractivity contribution in [1.29, 1.82) is 0 Å². The van der Waals surface area contributed by atoms with Gasteiger partial charge in [-0.05, 0) is 18.2 Å². The van der Waals surface area contributed by atoms with E-state index in [2.05, 4.69) is 16.0 Å². The second-order valence-corrected chi connectivity index (χ2v) is 3.25. The molecule has 0 fully saturated rings. The third kappa shape index (κ3) is 2.05. The van der Waals surface area contributed by atoms with E-state index in [0.717, 1.165) is 0 Å². The van der Waals surface area contributed by atoms with E-state index < -0.39 is 0 Å². The number of nitrogens with one attached hydrogen (secondary N) is 3. The Morgan fingerprint density at radius 2 is 2.31 bits per heavy atom. The van der Waals surface area contributed by atoms with Crippen molar-refractivity contribution in [1.82, 2.24) is 5.32 Å². The van der Waals surface area contributed by atoms with Gasteiger partial charge in [0, 0.05) is 12.7 Å². The van der Waals surface area contributed by atoms with Gasteiger partial charge in [-0.3, -0.25) is 4.79 Å². The van der Waals surface area contributed by atoms with Crippen LogP contribution < -0.4 is 20.7 Å². The first kappa shape index (κ1) is 10.3. The highest BCUT2D eigenvalue weighted by molar-refractivity contribution is 5.97. The number of fused-ring (bicyclic) bond motifs is 1. The topological polar surface area (TPSA) is 79.5 Å². The van der Waals surface area contributed by atoms with Crippen molar-refractivity contribution in [2.24, 2.45) is 0 Å². The van der Waals surface area contributed by atoms with Gasteiger partial charge in [0.05, 0.1) is 5.69 Å². The molecule has 1 aromatic carbocycles. The molecular formula is C10H11N3O3. The van der Waals surface area contributed by atoms with E-state index in [4.69, 9.17) is 4.74 Å². The fourth-order valence-corrected chi connectivity index (χ4v) is 1.35. The van der Waals surface area contributed by atoms with Crippen LogP contribution in [-0.4, -0.2) is 25.6 Å². The minimum absolute atomic E-state index is 0.0230. The third-order valence-electron chi connectivity index (χ3n) is 2.10. The van der Waals surface area contributed by atoms with Gasteiger partial charge in [-0.15, -0.1) is 0 Å². The van der Waals surface area contributed by atoms with Crippen LogP contribution in [0.25, 0.3) is 0 Å². The fraction of sp³-hybridized carbons (Fsp3) is 0.200. The van der Waals surface area contributed by atoms with Crippen LogP contribution in [0.5, 0.6) is 5.75 Å². The first-order valence-corrected chi connectivity index (χ1v) is 4.74. The second-order valence-electron chi connectivity index (χ2n) is 3.25. The van der Waals surface area contributed by atoms with Crippen LogP contribution in [-0.2, 0) is 4.79 Å². The molecule has 1 heterocycles. The Balaban J connectivity index is 2.21. The van der Waals surface area contributed by atoms with E-state index in [9.17, 15) is 9.59 Å². The van der Waals surface area contributed by atoms with Crippen molar-refractivity contribution in [3.63, 3.8) is 0 Å². The van der Waals surface area contributed by atoms with Gasteiger partial charge in [0.2, 0.25) is 0 Å². The van der Waals surface area contributed by atoms with Crippen molar-refractivity contribution >= 4 is 23.3 Å². The summed E-state index contributed by atoms with van der Waals surface area (Å²) < 4.78 is 5.18. The first-order valence-electron chi connectivity index (χ1n) is 4.74. The Bertz CT molecular complexity index is 445. The molecule has 0 radical (unpaired) electrons. The maximum atomic E-state index is 11.1. The molecule has 0 saturated carbocycles. The number of anilines is 2. The van der Waals surface area contributed by atoms with E-state index >= 15 is 0 Å². The average Bonchev–Trinajstić information content (AvgIpc) is 2.28. The SMILES string of the molecule is CNC(=O)Nc1ccc2c(c1)NC(=O)CO2. The lowest BCUT2D eigenvalue weighted by Gasteiger charge is -2.18. The molecule has 2 rings (SSSR count). The largest absolute Gasteiger partial charge is 0.482 e. The Labute approximate surface area is 92.0 Å². The van der Waals surface area contributed by atoms with E-state index in [0.29, 0.717) is 17.1 Å². The zero-order chi connectivity index (χ0) is 11.5. The highest BCUT2D eigenvalue weighted by Gasteiger charge is 2.16. The van der Waals surface area contributed by atoms with Gasteiger partial charge in [0.1, 0.15) is 5.75 Å². The number of hydrogen-bond acceptors (Lipinski definition) is 3. The predicted molar refractivity (Wildman–Crippen MR) is 58.6 cm³/mol. The number of urea groups is 1. The van der Waals surface area contributed by atoms with Gasteiger partial charge in [0.15, 0.2) is 6.61 Å². The molecule has 0 saturated heterocycles. The molecule has 0 spiro atoms. The van der Waals surface area contributed by atoms with Gasteiger partial charge in [-0.2, -0.15) is 0 Å². The summed E-state index contributed by atoms with van der Waals surface area (Å²) in [5.74, 6) is 0.395. The van der Waals surface area contributed by atoms with Crippen molar-refractivity contribution in [2.75, 3.05) is 24.3 Å². The molecule has 6 nitrogen and oxygen atoms in total. The van der Waals surface area contributed by atoms with Crippen LogP contribution in [0.1, 0.15) is 0 Å². The lowest BCUT2D eigenvalue weighted by molar-refractivity contribution is -0.118. The quantitative estimate of drug-likeness (QED) is 0.655. The van der Waals surface area contributed by atoms with Crippen LogP contribution in [0.15, 0.2) is 18.2 Å². The first-order chi connectivity index (χ1) is 7.69. The predicted octanol–water partition coefficient (Wildman–Crippen LogP) is 0.769. The van der Waals surface area contributed by atoms with Gasteiger partial charge < -0.3 is 20.7 Å². The number of carbonyl (C=O) groups excluding carboxylic acids is 2. The molecule has 0 bridgehead atoms. The average molecular weight is 221 g/mol. The van der Waals surface area contributed by atoms with Crippen LogP contribution >= 0.6 is 0 Å². The molecule has 0 atom stereocenters. The molecule has 3 amide bonds. The van der Waals surface area contributed by atoms with Crippen molar-refractivity contribution in [3.05, 3.63) is 18.2 Å². The summed E-state index contributed by atoms with van der Waals surface area (Å²) in [6.45, 7) is 0.0230. The molecular weight excluding hydrogens is 210 g/mol.